The van der Waals surface area contributed by atoms with Crippen molar-refractivity contribution in [2.24, 2.45) is 0 Å². The number of benzene rings is 2. The van der Waals surface area contributed by atoms with Gasteiger partial charge in [-0.15, -0.1) is 0 Å². The van der Waals surface area contributed by atoms with Gasteiger partial charge < -0.3 is 0 Å². The molecule has 13 heavy (non-hydrogen) atoms. The molecule has 0 unspecified atom stereocenters. The number of fused-ring (bicyclic) bond motifs is 1. The van der Waals surface area contributed by atoms with Crippen LogP contribution in [0.2, 0.25) is 5.82 Å². The van der Waals surface area contributed by atoms with Crippen molar-refractivity contribution in [3.8, 4) is 0 Å². The summed E-state index contributed by atoms with van der Waals surface area (Å²) in [5, 5.41) is 2.84. The SMILES string of the molecule is C[Se]c1cccc2cccc(C)c12. The van der Waals surface area contributed by atoms with Crippen LogP contribution in [0.4, 0.5) is 0 Å². The quantitative estimate of drug-likeness (QED) is 0.666. The van der Waals surface area contributed by atoms with Crippen LogP contribution < -0.4 is 4.46 Å². The van der Waals surface area contributed by atoms with Gasteiger partial charge in [0.15, 0.2) is 0 Å². The van der Waals surface area contributed by atoms with Crippen LogP contribution in [0.25, 0.3) is 10.8 Å². The summed E-state index contributed by atoms with van der Waals surface area (Å²) in [7, 11) is 0. The average molecular weight is 235 g/mol. The molecule has 0 saturated heterocycles. The van der Waals surface area contributed by atoms with Gasteiger partial charge in [-0.2, -0.15) is 0 Å². The Balaban J connectivity index is 2.87. The molecular weight excluding hydrogens is 223 g/mol. The maximum absolute atomic E-state index is 2.27. The number of hydrogen-bond donors (Lipinski definition) is 0. The summed E-state index contributed by atoms with van der Waals surface area (Å²) in [6, 6.07) is 13.1. The molecule has 0 bridgehead atoms. The summed E-state index contributed by atoms with van der Waals surface area (Å²) < 4.78 is 1.52. The van der Waals surface area contributed by atoms with Gasteiger partial charge in [0, 0.05) is 0 Å². The molecule has 2 aromatic carbocycles. The first-order chi connectivity index (χ1) is 6.33. The van der Waals surface area contributed by atoms with Crippen LogP contribution in [0.3, 0.4) is 0 Å². The van der Waals surface area contributed by atoms with Gasteiger partial charge in [-0.25, -0.2) is 0 Å². The molecule has 0 aliphatic carbocycles. The zero-order valence-electron chi connectivity index (χ0n) is 7.87. The first-order valence-corrected chi connectivity index (χ1v) is 6.92. The second kappa shape index (κ2) is 3.53. The van der Waals surface area contributed by atoms with E-state index in [-0.39, 0.29) is 0 Å². The predicted molar refractivity (Wildman–Crippen MR) is 59.9 cm³/mol. The number of rotatable bonds is 1. The maximum atomic E-state index is 2.27. The fraction of sp³-hybridized carbons (Fsp3) is 0.167. The zero-order chi connectivity index (χ0) is 9.26. The van der Waals surface area contributed by atoms with E-state index in [9.17, 15) is 0 Å². The van der Waals surface area contributed by atoms with E-state index in [0.29, 0.717) is 15.0 Å². The molecule has 0 fully saturated rings. The van der Waals surface area contributed by atoms with E-state index < -0.39 is 0 Å². The van der Waals surface area contributed by atoms with Crippen LogP contribution in [0.5, 0.6) is 0 Å². The van der Waals surface area contributed by atoms with Gasteiger partial charge >= 0.3 is 84.9 Å². The summed E-state index contributed by atoms with van der Waals surface area (Å²) in [6.07, 6.45) is 0. The molecule has 0 heterocycles. The Bertz CT molecular complexity index is 427. The van der Waals surface area contributed by atoms with Crippen molar-refractivity contribution < 1.29 is 0 Å². The van der Waals surface area contributed by atoms with Gasteiger partial charge in [-0.1, -0.05) is 0 Å². The van der Waals surface area contributed by atoms with Gasteiger partial charge in [0.1, 0.15) is 0 Å². The van der Waals surface area contributed by atoms with Crippen molar-refractivity contribution in [1.29, 1.82) is 0 Å². The molecule has 2 aromatic rings. The Labute approximate surface area is 85.1 Å². The molecule has 0 aromatic heterocycles. The number of hydrogen-bond acceptors (Lipinski definition) is 0. The van der Waals surface area contributed by atoms with E-state index in [1.165, 1.54) is 20.8 Å². The van der Waals surface area contributed by atoms with Crippen molar-refractivity contribution in [3.05, 3.63) is 42.0 Å². The second-order valence-electron chi connectivity index (χ2n) is 3.13. The van der Waals surface area contributed by atoms with Crippen LogP contribution in [0, 0.1) is 6.92 Å². The Hall–Kier alpha value is -0.781. The number of aryl methyl sites for hydroxylation is 1. The Morgan fingerprint density at radius 1 is 1.00 bits per heavy atom. The van der Waals surface area contributed by atoms with Crippen molar-refractivity contribution in [2.45, 2.75) is 12.7 Å². The zero-order valence-corrected chi connectivity index (χ0v) is 9.59. The normalized spacial score (nSPS) is 10.6. The van der Waals surface area contributed by atoms with Crippen LogP contribution >= 0.6 is 0 Å². The van der Waals surface area contributed by atoms with Crippen molar-refractivity contribution >= 4 is 30.2 Å². The minimum atomic E-state index is 0.589. The molecule has 2 rings (SSSR count). The third-order valence-electron chi connectivity index (χ3n) is 2.29. The Morgan fingerprint density at radius 3 is 2.38 bits per heavy atom. The van der Waals surface area contributed by atoms with Crippen LogP contribution in [0.15, 0.2) is 36.4 Å². The third-order valence-corrected chi connectivity index (χ3v) is 3.93. The van der Waals surface area contributed by atoms with Crippen molar-refractivity contribution in [1.82, 2.24) is 0 Å². The second-order valence-corrected chi connectivity index (χ2v) is 4.91. The average Bonchev–Trinajstić information content (AvgIpc) is 2.17. The summed E-state index contributed by atoms with van der Waals surface area (Å²) >= 11 is 0.589. The molecule has 0 aliphatic rings. The topological polar surface area (TPSA) is 0 Å². The summed E-state index contributed by atoms with van der Waals surface area (Å²) in [5.74, 6) is 2.27. The fourth-order valence-electron chi connectivity index (χ4n) is 1.66. The Kier molecular flexibility index (Phi) is 2.39. The van der Waals surface area contributed by atoms with Gasteiger partial charge in [0.05, 0.1) is 0 Å². The van der Waals surface area contributed by atoms with E-state index in [2.05, 4.69) is 49.1 Å². The van der Waals surface area contributed by atoms with Crippen molar-refractivity contribution in [2.75, 3.05) is 0 Å². The third kappa shape index (κ3) is 1.50. The van der Waals surface area contributed by atoms with Crippen LogP contribution in [-0.2, 0) is 0 Å². The standard InChI is InChI=1S/C12H12Se/c1-9-5-3-6-10-7-4-8-11(13-2)12(9)10/h3-8H,1-2H3. The molecule has 0 nitrogen and oxygen atoms in total. The van der Waals surface area contributed by atoms with Gasteiger partial charge in [0.2, 0.25) is 0 Å². The monoisotopic (exact) mass is 236 g/mol. The van der Waals surface area contributed by atoms with Gasteiger partial charge in [-0.05, 0) is 0 Å². The molecule has 0 N–H and O–H groups in total. The molecule has 0 aliphatic heterocycles. The molecule has 0 saturated carbocycles. The van der Waals surface area contributed by atoms with E-state index in [1.807, 2.05) is 0 Å². The minimum absolute atomic E-state index is 0.589. The van der Waals surface area contributed by atoms with Crippen LogP contribution in [0.1, 0.15) is 5.56 Å². The van der Waals surface area contributed by atoms with Crippen LogP contribution in [-0.4, -0.2) is 15.0 Å². The molecular formula is C12H12Se. The van der Waals surface area contributed by atoms with Gasteiger partial charge in [-0.3, -0.25) is 0 Å². The Morgan fingerprint density at radius 2 is 1.69 bits per heavy atom. The molecule has 0 spiro atoms. The molecule has 0 amide bonds. The fourth-order valence-corrected chi connectivity index (χ4v) is 3.12. The molecule has 0 radical (unpaired) electrons. The molecule has 0 atom stereocenters. The predicted octanol–water partition coefficient (Wildman–Crippen LogP) is 2.53. The summed E-state index contributed by atoms with van der Waals surface area (Å²) in [4.78, 5) is 0. The van der Waals surface area contributed by atoms with E-state index in [1.54, 1.807) is 0 Å². The molecule has 66 valence electrons. The van der Waals surface area contributed by atoms with E-state index in [0.717, 1.165) is 0 Å². The first kappa shape index (κ1) is 8.80. The first-order valence-electron chi connectivity index (χ1n) is 4.35. The van der Waals surface area contributed by atoms with Gasteiger partial charge in [0.25, 0.3) is 0 Å². The summed E-state index contributed by atoms with van der Waals surface area (Å²) in [6.45, 7) is 2.19. The molecule has 1 heteroatoms. The van der Waals surface area contributed by atoms with E-state index in [4.69, 9.17) is 0 Å². The van der Waals surface area contributed by atoms with Crippen molar-refractivity contribution in [3.63, 3.8) is 0 Å². The summed E-state index contributed by atoms with van der Waals surface area (Å²) in [5.41, 5.74) is 1.40. The van der Waals surface area contributed by atoms with E-state index >= 15 is 0 Å².